The molecule has 4 bridgehead atoms. The summed E-state index contributed by atoms with van der Waals surface area (Å²) in [4.78, 5) is 95.1. The van der Waals surface area contributed by atoms with Crippen molar-refractivity contribution in [3.63, 3.8) is 0 Å². The quantitative estimate of drug-likeness (QED) is 0.0441. The Balaban J connectivity index is 1.18. The zero-order valence-electron chi connectivity index (χ0n) is 47.0. The van der Waals surface area contributed by atoms with Gasteiger partial charge in [0.2, 0.25) is 17.7 Å². The number of allylic oxidation sites excluding steroid dienone is 3. The molecule has 1 fully saturated rings. The number of benzene rings is 2. The summed E-state index contributed by atoms with van der Waals surface area (Å²) in [5.41, 5.74) is 2.88. The summed E-state index contributed by atoms with van der Waals surface area (Å²) in [7, 11) is 9.25. The number of methoxy groups -OCH3 is 2. The van der Waals surface area contributed by atoms with Crippen LogP contribution in [0.1, 0.15) is 71.1 Å². The number of likely N-dealkylation sites (N-methyl/N-ethyl adjacent to an activating group) is 1. The van der Waals surface area contributed by atoms with Crippen LogP contribution in [0.4, 0.5) is 10.5 Å². The molecule has 5 rings (SSSR count). The molecule has 1 aromatic heterocycles. The van der Waals surface area contributed by atoms with Gasteiger partial charge in [0, 0.05) is 84.9 Å². The predicted molar refractivity (Wildman–Crippen MR) is 296 cm³/mol. The number of carbonyl (C=O) groups excluding carboxylic acids is 7. The number of anilines is 1. The van der Waals surface area contributed by atoms with Gasteiger partial charge in [-0.25, -0.2) is 14.6 Å². The number of hydrogen-bond donors (Lipinski definition) is 9. The molecule has 3 heterocycles. The van der Waals surface area contributed by atoms with Crippen molar-refractivity contribution in [1.29, 1.82) is 0 Å². The highest BCUT2D eigenvalue weighted by atomic mass is 35.5. The maximum atomic E-state index is 14.3. The van der Waals surface area contributed by atoms with E-state index in [-0.39, 0.29) is 54.7 Å². The highest BCUT2D eigenvalue weighted by Crippen LogP contribution is 2.38. The molecule has 0 saturated carbocycles. The summed E-state index contributed by atoms with van der Waals surface area (Å²) in [5, 5.41) is 57.9. The van der Waals surface area contributed by atoms with Crippen LogP contribution in [-0.4, -0.2) is 186 Å². The van der Waals surface area contributed by atoms with Crippen molar-refractivity contribution in [2.75, 3.05) is 66.9 Å². The number of carbonyl (C=O) groups is 7. The summed E-state index contributed by atoms with van der Waals surface area (Å²) in [6, 6.07) is 12.0. The number of nitrogens with one attached hydrogen (secondary N) is 5. The van der Waals surface area contributed by atoms with Crippen LogP contribution in [0.15, 0.2) is 66.3 Å². The molecule has 0 unspecified atom stereocenters. The van der Waals surface area contributed by atoms with E-state index in [0.717, 1.165) is 27.1 Å². The number of fused-ring (bicyclic) bond motifs is 5. The first-order valence-electron chi connectivity index (χ1n) is 26.3. The fourth-order valence-corrected chi connectivity index (χ4v) is 9.81. The maximum Gasteiger partial charge on any atom is 0.409 e. The standard InChI is InChI=1S/C55H78ClN9O15/c1-32-14-13-17-42(78-10)55(76)30-41(79-53(74)61-55)33(2)29-54(4,75)43(28-46(68)64(8)39-25-35(24-32)26-40(77-9)47(39)56)80-52(73)34(3)63(7)45(67)18-20-59-50(71)48(69)49(70)51(72)60-22-21-58-44(66)19-23-65-37(31-62(6)57-5)27-36-15-11-12-16-38(36)65/h11-17,25-27,33-34,41-43,48-49,57,69-70,75-76H,18-24,28-31H2,1-10H3,(H,58,66)(H,59,71)(H,60,72)(H,61,74)/b17-13+,32-14+/t33-,34-,41-,42+,43-,48-,49+,54+,55-/m0/s1. The Hall–Kier alpha value is -6.64. The lowest BCUT2D eigenvalue weighted by Crippen LogP contribution is -2.63. The highest BCUT2D eigenvalue weighted by molar-refractivity contribution is 6.35. The molecule has 440 valence electrons. The maximum absolute atomic E-state index is 14.3. The van der Waals surface area contributed by atoms with Crippen molar-refractivity contribution >= 4 is 69.8 Å². The lowest BCUT2D eigenvalue weighted by Gasteiger charge is -2.43. The second kappa shape index (κ2) is 28.7. The molecular weight excluding hydrogens is 1060 g/mol. The molecular formula is C55H78ClN9O15. The van der Waals surface area contributed by atoms with Gasteiger partial charge in [-0.15, -0.1) is 0 Å². The summed E-state index contributed by atoms with van der Waals surface area (Å²) < 4.78 is 24.8. The van der Waals surface area contributed by atoms with Crippen LogP contribution in [0, 0.1) is 5.92 Å². The van der Waals surface area contributed by atoms with Crippen LogP contribution in [0.3, 0.4) is 0 Å². The van der Waals surface area contributed by atoms with E-state index in [1.807, 2.05) is 50.3 Å². The number of hydrazine groups is 1. The average Bonchev–Trinajstić information content (AvgIpc) is 3.87. The van der Waals surface area contributed by atoms with Crippen LogP contribution in [-0.2, 0) is 62.5 Å². The van der Waals surface area contributed by atoms with Crippen molar-refractivity contribution in [2.45, 2.75) is 127 Å². The minimum absolute atomic E-state index is 0.00657. The van der Waals surface area contributed by atoms with Gasteiger partial charge in [-0.1, -0.05) is 60.5 Å². The second-order valence-electron chi connectivity index (χ2n) is 20.6. The Kier molecular flexibility index (Phi) is 23.0. The molecule has 80 heavy (non-hydrogen) atoms. The molecule has 2 aliphatic heterocycles. The van der Waals surface area contributed by atoms with Crippen molar-refractivity contribution in [1.82, 2.24) is 41.2 Å². The van der Waals surface area contributed by atoms with E-state index in [0.29, 0.717) is 25.1 Å². The molecule has 24 nitrogen and oxygen atoms in total. The monoisotopic (exact) mass is 1140 g/mol. The Morgan fingerprint density at radius 1 is 0.963 bits per heavy atom. The third-order valence-electron chi connectivity index (χ3n) is 14.5. The van der Waals surface area contributed by atoms with Gasteiger partial charge in [0.1, 0.15) is 35.1 Å². The fraction of sp³-hybridized carbons (Fsp3) is 0.545. The molecule has 9 atom stereocenters. The zero-order chi connectivity index (χ0) is 59.2. The lowest BCUT2D eigenvalue weighted by atomic mass is 9.81. The SMILES string of the molecule is CNN(C)Cc1cc2ccccc2n1CCC(=O)NCCNC(=O)[C@H](O)[C@H](O)C(=O)NCCC(=O)N(C)[C@@H](C)C(=O)O[C@H]1CC(=O)N(C)c2cc(cc(OC)c2Cl)C/C(C)=C/C=C/[C@@H](OC)[C@@]2(O)C[C@H](OC(=O)N2)[C@@H](C)C[C@@]1(C)O. The van der Waals surface area contributed by atoms with Crippen molar-refractivity contribution in [3.8, 4) is 5.75 Å². The molecule has 25 heteroatoms. The number of amides is 6. The van der Waals surface area contributed by atoms with E-state index in [2.05, 4.69) is 37.3 Å². The molecule has 0 spiro atoms. The third kappa shape index (κ3) is 16.7. The molecule has 9 N–H and O–H groups in total. The van der Waals surface area contributed by atoms with E-state index >= 15 is 0 Å². The smallest absolute Gasteiger partial charge is 0.409 e. The first kappa shape index (κ1) is 64.2. The fourth-order valence-electron chi connectivity index (χ4n) is 9.50. The van der Waals surface area contributed by atoms with E-state index in [1.54, 1.807) is 37.3 Å². The van der Waals surface area contributed by atoms with E-state index < -0.39 is 109 Å². The number of esters is 1. The number of alkyl carbamates (subject to hydrolysis) is 1. The van der Waals surface area contributed by atoms with Crippen LogP contribution in [0.5, 0.6) is 5.75 Å². The molecule has 0 radical (unpaired) electrons. The van der Waals surface area contributed by atoms with Crippen LogP contribution < -0.4 is 36.3 Å². The minimum atomic E-state index is -2.24. The van der Waals surface area contributed by atoms with Gasteiger partial charge < -0.3 is 69.7 Å². The number of aliphatic hydroxyl groups is 4. The van der Waals surface area contributed by atoms with Gasteiger partial charge in [-0.05, 0) is 81.8 Å². The average molecular weight is 1140 g/mol. The highest BCUT2D eigenvalue weighted by Gasteiger charge is 2.49. The van der Waals surface area contributed by atoms with Crippen molar-refractivity contribution < 1.29 is 72.9 Å². The lowest BCUT2D eigenvalue weighted by molar-refractivity contribution is -0.176. The van der Waals surface area contributed by atoms with Gasteiger partial charge in [-0.2, -0.15) is 0 Å². The van der Waals surface area contributed by atoms with Gasteiger partial charge in [-0.3, -0.25) is 34.7 Å². The number of hydrogen-bond acceptors (Lipinski definition) is 17. The van der Waals surface area contributed by atoms with Crippen LogP contribution in [0.25, 0.3) is 10.9 Å². The number of rotatable bonds is 20. The number of aliphatic hydroxyl groups excluding tert-OH is 2. The first-order chi connectivity index (χ1) is 37.7. The Bertz CT molecular complexity index is 2770. The van der Waals surface area contributed by atoms with Gasteiger partial charge in [0.25, 0.3) is 11.8 Å². The Morgan fingerprint density at radius 3 is 2.29 bits per heavy atom. The van der Waals surface area contributed by atoms with Crippen molar-refractivity contribution in [3.05, 3.63) is 82.5 Å². The number of para-hydroxylation sites is 1. The summed E-state index contributed by atoms with van der Waals surface area (Å²) in [5.74, 6) is -5.38. The zero-order valence-corrected chi connectivity index (χ0v) is 47.8. The summed E-state index contributed by atoms with van der Waals surface area (Å²) >= 11 is 6.77. The van der Waals surface area contributed by atoms with Gasteiger partial charge in [0.05, 0.1) is 31.4 Å². The third-order valence-corrected chi connectivity index (χ3v) is 14.8. The Labute approximate surface area is 470 Å². The molecule has 2 aromatic carbocycles. The van der Waals surface area contributed by atoms with E-state index in [1.165, 1.54) is 47.1 Å². The largest absolute Gasteiger partial charge is 0.495 e. The first-order valence-corrected chi connectivity index (χ1v) is 26.6. The second-order valence-corrected chi connectivity index (χ2v) is 21.0. The normalized spacial score (nSPS) is 24.1. The Morgan fingerprint density at radius 2 is 1.62 bits per heavy atom. The minimum Gasteiger partial charge on any atom is -0.495 e. The molecule has 2 aliphatic rings. The van der Waals surface area contributed by atoms with Gasteiger partial charge >= 0.3 is 12.1 Å². The molecule has 6 amide bonds. The topological polar surface area (TPSA) is 312 Å². The van der Waals surface area contributed by atoms with E-state index in [9.17, 15) is 54.0 Å². The molecule has 0 aliphatic carbocycles. The number of halogens is 1. The number of aromatic nitrogens is 1. The number of nitrogens with zero attached hydrogens (tertiary/aromatic N) is 4. The molecule has 1 saturated heterocycles. The van der Waals surface area contributed by atoms with Crippen LogP contribution >= 0.6 is 11.6 Å². The number of ether oxygens (including phenoxy) is 4. The van der Waals surface area contributed by atoms with Gasteiger partial charge in [0.15, 0.2) is 17.9 Å². The predicted octanol–water partition coefficient (Wildman–Crippen LogP) is 1.57. The number of aryl methyl sites for hydroxylation is 1. The summed E-state index contributed by atoms with van der Waals surface area (Å²) in [6.07, 6.45) is -4.95. The van der Waals surface area contributed by atoms with Crippen LogP contribution in [0.2, 0.25) is 5.02 Å². The van der Waals surface area contributed by atoms with E-state index in [4.69, 9.17) is 30.5 Å². The van der Waals surface area contributed by atoms with Crippen molar-refractivity contribution in [2.24, 2.45) is 5.92 Å². The summed E-state index contributed by atoms with van der Waals surface area (Å²) in [6.45, 7) is 6.65. The molecule has 3 aromatic rings.